The predicted octanol–water partition coefficient (Wildman–Crippen LogP) is 4.09. The van der Waals surface area contributed by atoms with E-state index < -0.39 is 0 Å². The van der Waals surface area contributed by atoms with Crippen LogP contribution in [0.4, 0.5) is 0 Å². The van der Waals surface area contributed by atoms with E-state index in [-0.39, 0.29) is 0 Å². The summed E-state index contributed by atoms with van der Waals surface area (Å²) in [5, 5.41) is 0. The fourth-order valence-corrected chi connectivity index (χ4v) is 20.9. The molecule has 2 aliphatic heterocycles. The molecular formula is C18H24Se4. The molecule has 4 heteroatoms. The molecule has 0 fully saturated rings. The van der Waals surface area contributed by atoms with Gasteiger partial charge in [-0.2, -0.15) is 0 Å². The second-order valence-corrected chi connectivity index (χ2v) is 18.4. The van der Waals surface area contributed by atoms with Crippen molar-refractivity contribution in [2.45, 2.75) is 77.0 Å². The van der Waals surface area contributed by atoms with Gasteiger partial charge in [-0.15, -0.1) is 0 Å². The first-order chi connectivity index (χ1) is 10.9. The molecule has 0 unspecified atom stereocenters. The van der Waals surface area contributed by atoms with E-state index in [0.29, 0.717) is 0 Å². The summed E-state index contributed by atoms with van der Waals surface area (Å²) in [6, 6.07) is 0. The Hall–Kier alpha value is 1.30. The molecule has 2 heterocycles. The van der Waals surface area contributed by atoms with Crippen LogP contribution < -0.4 is 0 Å². The molecule has 0 saturated heterocycles. The Morgan fingerprint density at radius 3 is 0.909 bits per heavy atom. The van der Waals surface area contributed by atoms with Crippen molar-refractivity contribution in [3.8, 4) is 0 Å². The van der Waals surface area contributed by atoms with Crippen molar-refractivity contribution in [2.75, 3.05) is 0 Å². The molecule has 4 aliphatic rings. The second-order valence-electron chi connectivity index (χ2n) is 6.50. The van der Waals surface area contributed by atoms with Gasteiger partial charge in [0.25, 0.3) is 0 Å². The van der Waals surface area contributed by atoms with Crippen LogP contribution in [0.1, 0.15) is 77.0 Å². The van der Waals surface area contributed by atoms with Crippen molar-refractivity contribution in [1.29, 1.82) is 0 Å². The van der Waals surface area contributed by atoms with E-state index in [9.17, 15) is 0 Å². The summed E-state index contributed by atoms with van der Waals surface area (Å²) in [5.41, 5.74) is 0. The molecule has 0 aromatic rings. The summed E-state index contributed by atoms with van der Waals surface area (Å²) < 4.78 is 12.0. The molecular weight excluding hydrogens is 532 g/mol. The molecule has 0 atom stereocenters. The number of rotatable bonds is 0. The van der Waals surface area contributed by atoms with Crippen molar-refractivity contribution < 1.29 is 0 Å². The summed E-state index contributed by atoms with van der Waals surface area (Å²) in [5.74, 6) is 0. The fraction of sp³-hybridized carbons (Fsp3) is 0.667. The molecule has 0 saturated carbocycles. The van der Waals surface area contributed by atoms with E-state index in [1.807, 2.05) is 24.6 Å². The maximum atomic E-state index is 2.04. The minimum absolute atomic E-state index is 0.798. The molecule has 0 aromatic heterocycles. The topological polar surface area (TPSA) is 0 Å². The molecule has 0 aromatic carbocycles. The fourth-order valence-electron chi connectivity index (χ4n) is 3.49. The first-order valence-corrected chi connectivity index (χ1v) is 15.6. The minimum atomic E-state index is 0.798. The SMILES string of the molecule is C1CCCC2=C(CC1)[Se]C(=C1[Se]C3=C(CCCCCC3)[Se]1)[Se]2. The molecule has 4 rings (SSSR count). The van der Waals surface area contributed by atoms with Gasteiger partial charge < -0.3 is 0 Å². The zero-order valence-corrected chi connectivity index (χ0v) is 20.0. The Kier molecular flexibility index (Phi) is 6.18. The van der Waals surface area contributed by atoms with Gasteiger partial charge >= 0.3 is 162 Å². The van der Waals surface area contributed by atoms with Gasteiger partial charge in [0, 0.05) is 0 Å². The van der Waals surface area contributed by atoms with Crippen LogP contribution in [0, 0.1) is 0 Å². The normalized spacial score (nSPS) is 27.3. The van der Waals surface area contributed by atoms with Gasteiger partial charge in [-0.05, 0) is 0 Å². The van der Waals surface area contributed by atoms with Gasteiger partial charge in [-0.1, -0.05) is 0 Å². The Morgan fingerprint density at radius 1 is 0.364 bits per heavy atom. The summed E-state index contributed by atoms with van der Waals surface area (Å²) >= 11 is 3.19. The van der Waals surface area contributed by atoms with Crippen LogP contribution >= 0.6 is 0 Å². The zero-order valence-electron chi connectivity index (χ0n) is 13.1. The molecule has 0 amide bonds. The van der Waals surface area contributed by atoms with E-state index in [0.717, 1.165) is 59.8 Å². The molecule has 0 nitrogen and oxygen atoms in total. The molecule has 2 aliphatic carbocycles. The van der Waals surface area contributed by atoms with Crippen molar-refractivity contribution in [1.82, 2.24) is 0 Å². The predicted molar refractivity (Wildman–Crippen MR) is 99.5 cm³/mol. The zero-order chi connectivity index (χ0) is 14.8. The van der Waals surface area contributed by atoms with E-state index in [1.165, 1.54) is 77.0 Å². The first-order valence-electron chi connectivity index (χ1n) is 8.80. The van der Waals surface area contributed by atoms with Crippen LogP contribution in [0.15, 0.2) is 24.6 Å². The second kappa shape index (κ2) is 8.12. The van der Waals surface area contributed by atoms with Crippen molar-refractivity contribution in [3.05, 3.63) is 24.6 Å². The van der Waals surface area contributed by atoms with E-state index >= 15 is 0 Å². The molecule has 0 radical (unpaired) electrons. The van der Waals surface area contributed by atoms with Gasteiger partial charge in [0.1, 0.15) is 0 Å². The third-order valence-corrected chi connectivity index (χ3v) is 21.4. The molecule has 0 N–H and O–H groups in total. The third-order valence-electron chi connectivity index (χ3n) is 4.77. The van der Waals surface area contributed by atoms with Crippen molar-refractivity contribution in [3.63, 3.8) is 0 Å². The summed E-state index contributed by atoms with van der Waals surface area (Å²) in [4.78, 5) is 0. The standard InChI is InChI=1S/C18H24Se4/c1-2-6-10-14-13(9-5-1)19-17(20-14)18-21-15-11-7-3-4-8-12-16(15)22-18/h1-12H2. The van der Waals surface area contributed by atoms with Gasteiger partial charge in [-0.3, -0.25) is 0 Å². The van der Waals surface area contributed by atoms with Crippen molar-refractivity contribution in [2.24, 2.45) is 0 Å². The average molecular weight is 556 g/mol. The average Bonchev–Trinajstić information content (AvgIpc) is 3.03. The van der Waals surface area contributed by atoms with Crippen LogP contribution in [-0.4, -0.2) is 59.8 Å². The van der Waals surface area contributed by atoms with E-state index in [4.69, 9.17) is 0 Å². The van der Waals surface area contributed by atoms with Crippen LogP contribution in [0.2, 0.25) is 0 Å². The molecule has 0 bridgehead atoms. The monoisotopic (exact) mass is 560 g/mol. The number of hydrogen-bond donors (Lipinski definition) is 0. The number of hydrogen-bond acceptors (Lipinski definition) is 0. The maximum absolute atomic E-state index is 2.04. The molecule has 0 spiro atoms. The van der Waals surface area contributed by atoms with Gasteiger partial charge in [-0.25, -0.2) is 0 Å². The van der Waals surface area contributed by atoms with Crippen LogP contribution in [0.5, 0.6) is 0 Å². The quantitative estimate of drug-likeness (QED) is 0.395. The summed E-state index contributed by atoms with van der Waals surface area (Å²) in [6.07, 6.45) is 17.8. The van der Waals surface area contributed by atoms with Crippen LogP contribution in [0.25, 0.3) is 0 Å². The Morgan fingerprint density at radius 2 is 0.636 bits per heavy atom. The van der Waals surface area contributed by atoms with Gasteiger partial charge in [0.2, 0.25) is 0 Å². The summed E-state index contributed by atoms with van der Waals surface area (Å²) in [6.45, 7) is 0. The van der Waals surface area contributed by atoms with Gasteiger partial charge in [0.15, 0.2) is 0 Å². The third kappa shape index (κ3) is 3.92. The number of allylic oxidation sites excluding steroid dienone is 4. The summed E-state index contributed by atoms with van der Waals surface area (Å²) in [7, 11) is 0. The Balaban J connectivity index is 1.48. The van der Waals surface area contributed by atoms with E-state index in [2.05, 4.69) is 0 Å². The van der Waals surface area contributed by atoms with Crippen molar-refractivity contribution >= 4 is 59.8 Å². The van der Waals surface area contributed by atoms with E-state index in [1.54, 1.807) is 0 Å². The van der Waals surface area contributed by atoms with Crippen LogP contribution in [0.3, 0.4) is 0 Å². The first kappa shape index (κ1) is 16.7. The van der Waals surface area contributed by atoms with Gasteiger partial charge in [0.05, 0.1) is 0 Å². The molecule has 120 valence electrons. The Labute approximate surface area is 160 Å². The van der Waals surface area contributed by atoms with Crippen LogP contribution in [-0.2, 0) is 0 Å². The Bertz CT molecular complexity index is 449. The molecule has 22 heavy (non-hydrogen) atoms.